The number of hydrogen-bond donors (Lipinski definition) is 0. The van der Waals surface area contributed by atoms with Gasteiger partial charge in [0.15, 0.2) is 11.5 Å². The summed E-state index contributed by atoms with van der Waals surface area (Å²) < 4.78 is 35.8. The minimum atomic E-state index is -1.83. The summed E-state index contributed by atoms with van der Waals surface area (Å²) in [5.74, 6) is -3.61. The molecule has 1 aliphatic carbocycles. The molecule has 0 unspecified atom stereocenters. The Hall–Kier alpha value is -4.21. The van der Waals surface area contributed by atoms with Gasteiger partial charge in [-0.05, 0) is 54.1 Å². The molecule has 0 aromatic heterocycles. The fourth-order valence-electron chi connectivity index (χ4n) is 4.32. The molecule has 36 heavy (non-hydrogen) atoms. The van der Waals surface area contributed by atoms with Gasteiger partial charge in [-0.15, -0.1) is 0 Å². The lowest BCUT2D eigenvalue weighted by molar-refractivity contribution is -0.169. The number of hydrogen-bond acceptors (Lipinski definition) is 8. The average molecular weight is 491 g/mol. The fourth-order valence-corrected chi connectivity index (χ4v) is 4.32. The molecule has 6 rings (SSSR count). The molecule has 2 aliphatic heterocycles. The summed E-state index contributed by atoms with van der Waals surface area (Å²) in [6.07, 6.45) is 3.31. The molecular weight excluding hydrogens is 469 g/mol. The summed E-state index contributed by atoms with van der Waals surface area (Å²) in [6, 6.07) is 15.1. The number of benzene rings is 3. The van der Waals surface area contributed by atoms with Crippen LogP contribution in [0.4, 0.5) is 10.1 Å². The van der Waals surface area contributed by atoms with Crippen LogP contribution >= 0.6 is 0 Å². The van der Waals surface area contributed by atoms with E-state index in [0.717, 1.165) is 12.1 Å². The van der Waals surface area contributed by atoms with Crippen molar-refractivity contribution in [2.75, 3.05) is 26.4 Å². The second kappa shape index (κ2) is 9.10. The molecule has 0 amide bonds. The van der Waals surface area contributed by atoms with Gasteiger partial charge in [-0.1, -0.05) is 24.3 Å². The first-order chi connectivity index (χ1) is 17.4. The number of halogens is 1. The van der Waals surface area contributed by atoms with Crippen molar-refractivity contribution in [2.24, 2.45) is 0 Å². The van der Waals surface area contributed by atoms with E-state index >= 15 is 0 Å². The van der Waals surface area contributed by atoms with Crippen molar-refractivity contribution >= 4 is 17.4 Å². The number of fused-ring (bicyclic) bond motifs is 1. The smallest absolute Gasteiger partial charge is 0.343 e. The molecule has 184 valence electrons. The normalized spacial score (nSPS) is 20.1. The summed E-state index contributed by atoms with van der Waals surface area (Å²) in [4.78, 5) is 33.2. The summed E-state index contributed by atoms with van der Waals surface area (Å²) in [6.45, 7) is 0. The molecule has 2 atom stereocenters. The zero-order valence-corrected chi connectivity index (χ0v) is 19.7. The van der Waals surface area contributed by atoms with E-state index in [4.69, 9.17) is 23.8 Å². The standard InChI is InChI=1S/C27H22FNO7/c1-32-21-15-19-20-13-14-27(34-3,36-29(20)18-7-5-4-6-8-18)25(30)22(19)24(23(21)33-2)35-26(31)16-9-11-17(28)12-10-16/h4-15,20H,1-3H3/t20-,27+/m1/s1. The number of rotatable bonds is 6. The number of para-hydroxylation sites is 1. The third kappa shape index (κ3) is 3.69. The maximum atomic E-state index is 14.0. The van der Waals surface area contributed by atoms with Gasteiger partial charge in [-0.3, -0.25) is 4.79 Å². The minimum Gasteiger partial charge on any atom is -0.493 e. The van der Waals surface area contributed by atoms with Gasteiger partial charge in [0.1, 0.15) is 11.9 Å². The Labute approximate surface area is 206 Å². The highest BCUT2D eigenvalue weighted by Gasteiger charge is 2.52. The molecule has 0 saturated heterocycles. The van der Waals surface area contributed by atoms with Crippen molar-refractivity contribution in [3.05, 3.63) is 95.3 Å². The molecule has 2 heterocycles. The van der Waals surface area contributed by atoms with Crippen LogP contribution in [0, 0.1) is 5.82 Å². The zero-order chi connectivity index (χ0) is 25.4. The number of nitrogens with zero attached hydrogens (tertiary/aromatic N) is 1. The molecule has 3 aliphatic rings. The van der Waals surface area contributed by atoms with E-state index in [0.29, 0.717) is 11.3 Å². The van der Waals surface area contributed by atoms with E-state index in [1.165, 1.54) is 39.5 Å². The second-order valence-corrected chi connectivity index (χ2v) is 8.06. The first-order valence-corrected chi connectivity index (χ1v) is 11.0. The number of ether oxygens (including phenoxy) is 4. The van der Waals surface area contributed by atoms with Crippen molar-refractivity contribution in [1.29, 1.82) is 0 Å². The number of carbonyl (C=O) groups excluding carboxylic acids is 2. The lowest BCUT2D eigenvalue weighted by atomic mass is 9.95. The highest BCUT2D eigenvalue weighted by Crippen LogP contribution is 2.51. The first kappa shape index (κ1) is 23.5. The van der Waals surface area contributed by atoms with Crippen molar-refractivity contribution in [2.45, 2.75) is 11.8 Å². The van der Waals surface area contributed by atoms with E-state index in [-0.39, 0.29) is 28.4 Å². The van der Waals surface area contributed by atoms with Crippen LogP contribution in [0.25, 0.3) is 0 Å². The summed E-state index contributed by atoms with van der Waals surface area (Å²) in [7, 11) is 4.15. The van der Waals surface area contributed by atoms with E-state index in [9.17, 15) is 14.0 Å². The maximum absolute atomic E-state index is 14.0. The Morgan fingerprint density at radius 1 is 1.00 bits per heavy atom. The van der Waals surface area contributed by atoms with Crippen LogP contribution in [-0.2, 0) is 9.57 Å². The van der Waals surface area contributed by atoms with Crippen molar-refractivity contribution in [1.82, 2.24) is 0 Å². The van der Waals surface area contributed by atoms with Crippen LogP contribution in [0.5, 0.6) is 17.2 Å². The van der Waals surface area contributed by atoms with E-state index in [2.05, 4.69) is 0 Å². The van der Waals surface area contributed by atoms with Crippen LogP contribution in [-0.4, -0.2) is 38.9 Å². The molecule has 0 fully saturated rings. The van der Waals surface area contributed by atoms with Crippen LogP contribution in [0.1, 0.15) is 32.3 Å². The average Bonchev–Trinajstić information content (AvgIpc) is 3.10. The number of Topliss-reactive ketones (excluding diaryl/α,β-unsaturated/α-hetero) is 1. The molecule has 9 heteroatoms. The van der Waals surface area contributed by atoms with Gasteiger partial charge in [0.2, 0.25) is 11.5 Å². The van der Waals surface area contributed by atoms with E-state index < -0.39 is 29.4 Å². The SMILES string of the molecule is COc1cc2c(c(OC(=O)c3ccc(F)cc3)c1OC)C(=O)[C@]1(OC)C=C[C@H]2N(c2ccccc2)O1. The summed E-state index contributed by atoms with van der Waals surface area (Å²) in [5, 5.41) is 1.56. The number of esters is 1. The highest BCUT2D eigenvalue weighted by atomic mass is 19.1. The zero-order valence-electron chi connectivity index (χ0n) is 19.7. The third-order valence-corrected chi connectivity index (χ3v) is 6.09. The van der Waals surface area contributed by atoms with Crippen LogP contribution in [0.15, 0.2) is 72.8 Å². The Morgan fingerprint density at radius 3 is 2.36 bits per heavy atom. The molecule has 0 N–H and O–H groups in total. The first-order valence-electron chi connectivity index (χ1n) is 11.0. The predicted octanol–water partition coefficient (Wildman–Crippen LogP) is 4.65. The third-order valence-electron chi connectivity index (χ3n) is 6.09. The number of ketones is 1. The van der Waals surface area contributed by atoms with Gasteiger partial charge in [-0.25, -0.2) is 19.1 Å². The Kier molecular flexibility index (Phi) is 5.95. The number of carbonyl (C=O) groups is 2. The Balaban J connectivity index is 1.72. The van der Waals surface area contributed by atoms with Gasteiger partial charge < -0.3 is 18.9 Å². The number of anilines is 1. The molecule has 3 aromatic carbocycles. The van der Waals surface area contributed by atoms with Crippen LogP contribution in [0.2, 0.25) is 0 Å². The highest BCUT2D eigenvalue weighted by molar-refractivity contribution is 6.09. The van der Waals surface area contributed by atoms with Gasteiger partial charge >= 0.3 is 5.97 Å². The van der Waals surface area contributed by atoms with E-state index in [1.807, 2.05) is 30.3 Å². The monoisotopic (exact) mass is 491 g/mol. The lowest BCUT2D eigenvalue weighted by Gasteiger charge is -2.38. The minimum absolute atomic E-state index is 0.0402. The Bertz CT molecular complexity index is 1360. The maximum Gasteiger partial charge on any atom is 0.343 e. The van der Waals surface area contributed by atoms with Crippen LogP contribution in [0.3, 0.4) is 0 Å². The van der Waals surface area contributed by atoms with Crippen molar-refractivity contribution in [3.8, 4) is 17.2 Å². The molecule has 0 spiro atoms. The van der Waals surface area contributed by atoms with Gasteiger partial charge in [0.25, 0.3) is 5.79 Å². The summed E-state index contributed by atoms with van der Waals surface area (Å²) in [5.41, 5.74) is 1.25. The fraction of sp³-hybridized carbons (Fsp3) is 0.185. The number of methoxy groups -OCH3 is 3. The van der Waals surface area contributed by atoms with Crippen molar-refractivity contribution < 1.29 is 37.8 Å². The molecular formula is C27H22FNO7. The van der Waals surface area contributed by atoms with Gasteiger partial charge in [0.05, 0.1) is 31.0 Å². The lowest BCUT2D eigenvalue weighted by Crippen LogP contribution is -2.48. The number of hydroxylamine groups is 1. The van der Waals surface area contributed by atoms with Crippen LogP contribution < -0.4 is 19.3 Å². The predicted molar refractivity (Wildman–Crippen MR) is 127 cm³/mol. The molecule has 3 aromatic rings. The quantitative estimate of drug-likeness (QED) is 0.280. The molecule has 8 nitrogen and oxygen atoms in total. The second-order valence-electron chi connectivity index (χ2n) is 8.06. The van der Waals surface area contributed by atoms with Gasteiger partial charge in [0, 0.05) is 7.11 Å². The van der Waals surface area contributed by atoms with E-state index in [1.54, 1.807) is 17.2 Å². The Morgan fingerprint density at radius 2 is 1.72 bits per heavy atom. The largest absolute Gasteiger partial charge is 0.493 e. The van der Waals surface area contributed by atoms with Gasteiger partial charge in [-0.2, -0.15) is 0 Å². The molecule has 0 radical (unpaired) electrons. The molecule has 2 bridgehead atoms. The summed E-state index contributed by atoms with van der Waals surface area (Å²) >= 11 is 0. The molecule has 0 saturated carbocycles. The van der Waals surface area contributed by atoms with Crippen molar-refractivity contribution in [3.63, 3.8) is 0 Å². The topological polar surface area (TPSA) is 83.5 Å².